The van der Waals surface area contributed by atoms with Crippen LogP contribution in [0.2, 0.25) is 0 Å². The fourth-order valence-corrected chi connectivity index (χ4v) is 3.05. The molecular weight excluding hydrogens is 314 g/mol. The van der Waals surface area contributed by atoms with Crippen molar-refractivity contribution in [2.45, 2.75) is 18.4 Å². The number of aromatic amines is 1. The number of carbonyl (C=O) groups is 2. The average Bonchev–Trinajstić information content (AvgIpc) is 2.98. The molecular formula is C16H17N3O5. The minimum atomic E-state index is -1.66. The van der Waals surface area contributed by atoms with Gasteiger partial charge in [0, 0.05) is 12.6 Å². The van der Waals surface area contributed by atoms with Crippen molar-refractivity contribution < 1.29 is 18.8 Å². The first kappa shape index (κ1) is 16.0. The number of fused-ring (bicyclic) bond motifs is 1. The van der Waals surface area contributed by atoms with Crippen LogP contribution in [0.5, 0.6) is 5.75 Å². The molecule has 3 rings (SSSR count). The third-order valence-corrected chi connectivity index (χ3v) is 4.20. The standard InChI is InChI=1S/C16H17N3O5/c1-23-10-2-3-12-9(6-10)4-5-18-16(12,15(17)22)13(20)7-11-8-14(21)19-24-11/h2-3,6,8,18H,4-5,7H2,1H3,(H2,17,22)(H,19,21). The quantitative estimate of drug-likeness (QED) is 0.641. The number of H-pyrrole nitrogens is 1. The first-order valence-electron chi connectivity index (χ1n) is 7.40. The molecule has 0 spiro atoms. The van der Waals surface area contributed by atoms with Crippen LogP contribution in [0.4, 0.5) is 0 Å². The minimum absolute atomic E-state index is 0.146. The van der Waals surface area contributed by atoms with Crippen molar-refractivity contribution in [3.05, 3.63) is 51.5 Å². The Morgan fingerprint density at radius 3 is 2.79 bits per heavy atom. The largest absolute Gasteiger partial charge is 0.497 e. The molecule has 0 saturated carbocycles. The van der Waals surface area contributed by atoms with Gasteiger partial charge in [-0.2, -0.15) is 5.16 Å². The second-order valence-corrected chi connectivity index (χ2v) is 5.59. The number of Topliss-reactive ketones (excluding diaryl/α,β-unsaturated/α-hetero) is 1. The molecule has 0 saturated heterocycles. The Morgan fingerprint density at radius 1 is 1.38 bits per heavy atom. The van der Waals surface area contributed by atoms with E-state index in [-0.39, 0.29) is 12.2 Å². The van der Waals surface area contributed by atoms with E-state index in [4.69, 9.17) is 15.0 Å². The minimum Gasteiger partial charge on any atom is -0.497 e. The van der Waals surface area contributed by atoms with Gasteiger partial charge in [0.2, 0.25) is 5.91 Å². The lowest BCUT2D eigenvalue weighted by atomic mass is 9.77. The Hall–Kier alpha value is -2.87. The van der Waals surface area contributed by atoms with Crippen molar-refractivity contribution >= 4 is 11.7 Å². The third kappa shape index (κ3) is 2.50. The van der Waals surface area contributed by atoms with Gasteiger partial charge in [-0.1, -0.05) is 6.07 Å². The summed E-state index contributed by atoms with van der Waals surface area (Å²) in [6.07, 6.45) is 0.397. The highest BCUT2D eigenvalue weighted by Crippen LogP contribution is 2.33. The van der Waals surface area contributed by atoms with Gasteiger partial charge in [0.25, 0.3) is 5.56 Å². The lowest BCUT2D eigenvalue weighted by Crippen LogP contribution is -2.61. The van der Waals surface area contributed by atoms with Crippen LogP contribution in [-0.4, -0.2) is 30.5 Å². The Morgan fingerprint density at radius 2 is 2.17 bits per heavy atom. The van der Waals surface area contributed by atoms with E-state index < -0.39 is 22.8 Å². The molecule has 126 valence electrons. The van der Waals surface area contributed by atoms with Crippen molar-refractivity contribution in [3.8, 4) is 5.75 Å². The number of nitrogens with two attached hydrogens (primary N) is 1. The molecule has 1 aromatic carbocycles. The van der Waals surface area contributed by atoms with Crippen LogP contribution in [0, 0.1) is 0 Å². The van der Waals surface area contributed by atoms with Gasteiger partial charge >= 0.3 is 0 Å². The van der Waals surface area contributed by atoms with Gasteiger partial charge in [-0.25, -0.2) is 0 Å². The monoisotopic (exact) mass is 331 g/mol. The molecule has 1 aromatic heterocycles. The molecule has 4 N–H and O–H groups in total. The van der Waals surface area contributed by atoms with Gasteiger partial charge in [0.1, 0.15) is 11.5 Å². The van der Waals surface area contributed by atoms with E-state index in [1.807, 2.05) is 0 Å². The summed E-state index contributed by atoms with van der Waals surface area (Å²) >= 11 is 0. The molecule has 1 amide bonds. The molecule has 0 radical (unpaired) electrons. The summed E-state index contributed by atoms with van der Waals surface area (Å²) in [6.45, 7) is 0.409. The number of methoxy groups -OCH3 is 1. The fourth-order valence-electron chi connectivity index (χ4n) is 3.05. The number of primary amides is 1. The maximum absolute atomic E-state index is 12.9. The number of aromatic nitrogens is 1. The zero-order valence-corrected chi connectivity index (χ0v) is 13.0. The average molecular weight is 331 g/mol. The van der Waals surface area contributed by atoms with Crippen molar-refractivity contribution in [1.82, 2.24) is 10.5 Å². The van der Waals surface area contributed by atoms with Crippen LogP contribution in [0.1, 0.15) is 16.9 Å². The van der Waals surface area contributed by atoms with Crippen molar-refractivity contribution in [2.75, 3.05) is 13.7 Å². The summed E-state index contributed by atoms with van der Waals surface area (Å²) in [6, 6.07) is 6.30. The maximum atomic E-state index is 12.9. The normalized spacial score (nSPS) is 19.5. The summed E-state index contributed by atoms with van der Waals surface area (Å²) in [4.78, 5) is 36.3. The maximum Gasteiger partial charge on any atom is 0.280 e. The summed E-state index contributed by atoms with van der Waals surface area (Å²) in [5, 5.41) is 5.07. The Labute approximate surface area is 136 Å². The second kappa shape index (κ2) is 5.97. The van der Waals surface area contributed by atoms with Crippen LogP contribution in [0.15, 0.2) is 33.6 Å². The number of hydrogen-bond acceptors (Lipinski definition) is 6. The molecule has 24 heavy (non-hydrogen) atoms. The van der Waals surface area contributed by atoms with E-state index in [1.165, 1.54) is 6.07 Å². The number of nitrogens with one attached hydrogen (secondary N) is 2. The van der Waals surface area contributed by atoms with Crippen molar-refractivity contribution in [1.29, 1.82) is 0 Å². The van der Waals surface area contributed by atoms with E-state index >= 15 is 0 Å². The van der Waals surface area contributed by atoms with E-state index in [1.54, 1.807) is 25.3 Å². The Bertz CT molecular complexity index is 853. The zero-order valence-electron chi connectivity index (χ0n) is 13.0. The van der Waals surface area contributed by atoms with Gasteiger partial charge < -0.3 is 15.0 Å². The van der Waals surface area contributed by atoms with Crippen LogP contribution in [0.25, 0.3) is 0 Å². The van der Waals surface area contributed by atoms with Crippen molar-refractivity contribution in [3.63, 3.8) is 0 Å². The predicted molar refractivity (Wildman–Crippen MR) is 83.6 cm³/mol. The lowest BCUT2D eigenvalue weighted by Gasteiger charge is -2.36. The Balaban J connectivity index is 2.05. The van der Waals surface area contributed by atoms with Crippen LogP contribution in [-0.2, 0) is 28.0 Å². The smallest absolute Gasteiger partial charge is 0.280 e. The number of hydrogen-bond donors (Lipinski definition) is 3. The van der Waals surface area contributed by atoms with Crippen molar-refractivity contribution in [2.24, 2.45) is 5.73 Å². The predicted octanol–water partition coefficient (Wildman–Crippen LogP) is -0.385. The molecule has 8 heteroatoms. The second-order valence-electron chi connectivity index (χ2n) is 5.59. The number of amides is 1. The van der Waals surface area contributed by atoms with Gasteiger partial charge in [-0.15, -0.1) is 0 Å². The Kier molecular flexibility index (Phi) is 3.98. The van der Waals surface area contributed by atoms with Gasteiger partial charge in [0.05, 0.1) is 13.5 Å². The number of carbonyl (C=O) groups excluding carboxylic acids is 2. The van der Waals surface area contributed by atoms with E-state index in [2.05, 4.69) is 10.5 Å². The first-order valence-corrected chi connectivity index (χ1v) is 7.40. The molecule has 1 aliphatic rings. The number of ether oxygens (including phenoxy) is 1. The number of benzene rings is 1. The van der Waals surface area contributed by atoms with Gasteiger partial charge in [-0.3, -0.25) is 19.7 Å². The fraction of sp³-hybridized carbons (Fsp3) is 0.312. The summed E-state index contributed by atoms with van der Waals surface area (Å²) < 4.78 is 10.1. The summed E-state index contributed by atoms with van der Waals surface area (Å²) in [7, 11) is 1.54. The zero-order chi connectivity index (χ0) is 17.3. The molecule has 0 aliphatic carbocycles. The molecule has 1 aliphatic heterocycles. The van der Waals surface area contributed by atoms with E-state index in [0.717, 1.165) is 5.56 Å². The molecule has 0 fully saturated rings. The lowest BCUT2D eigenvalue weighted by molar-refractivity contribution is -0.136. The summed E-state index contributed by atoms with van der Waals surface area (Å²) in [5.74, 6) is -0.494. The highest BCUT2D eigenvalue weighted by Gasteiger charge is 2.48. The SMILES string of the molecule is COc1ccc2c(c1)CCNC2(C(N)=O)C(=O)Cc1cc(=O)[nH]o1. The first-order chi connectivity index (χ1) is 11.5. The van der Waals surface area contributed by atoms with Gasteiger partial charge in [-0.05, 0) is 29.7 Å². The number of ketones is 1. The highest BCUT2D eigenvalue weighted by molar-refractivity contribution is 6.11. The van der Waals surface area contributed by atoms with E-state index in [0.29, 0.717) is 24.3 Å². The molecule has 0 bridgehead atoms. The number of rotatable bonds is 5. The molecule has 1 unspecified atom stereocenters. The molecule has 2 heterocycles. The van der Waals surface area contributed by atoms with E-state index in [9.17, 15) is 14.4 Å². The van der Waals surface area contributed by atoms with Gasteiger partial charge in [0.15, 0.2) is 11.3 Å². The molecule has 8 nitrogen and oxygen atoms in total. The van der Waals surface area contributed by atoms with Crippen LogP contribution < -0.4 is 21.3 Å². The topological polar surface area (TPSA) is 127 Å². The van der Waals surface area contributed by atoms with Crippen LogP contribution in [0.3, 0.4) is 0 Å². The third-order valence-electron chi connectivity index (χ3n) is 4.20. The van der Waals surface area contributed by atoms with Crippen LogP contribution >= 0.6 is 0 Å². The molecule has 1 atom stereocenters. The highest BCUT2D eigenvalue weighted by atomic mass is 16.5. The summed E-state index contributed by atoms with van der Waals surface area (Å²) in [5.41, 5.74) is 4.81. The molecule has 2 aromatic rings.